The van der Waals surface area contributed by atoms with E-state index in [9.17, 15) is 0 Å². The molecule has 82 valence electrons. The number of hydrogen-bond acceptors (Lipinski definition) is 0. The van der Waals surface area contributed by atoms with Gasteiger partial charge >= 0.3 is 0 Å². The summed E-state index contributed by atoms with van der Waals surface area (Å²) in [7, 11) is 0. The van der Waals surface area contributed by atoms with Gasteiger partial charge in [0.1, 0.15) is 0 Å². The molecule has 0 heterocycles. The van der Waals surface area contributed by atoms with E-state index in [0.29, 0.717) is 0 Å². The zero-order chi connectivity index (χ0) is 10.1. The maximum atomic E-state index is 2.52. The molecule has 0 N–H and O–H groups in total. The Hall–Kier alpha value is 0. The average Bonchev–Trinajstić information content (AvgIpc) is 2.78. The van der Waals surface area contributed by atoms with Crippen molar-refractivity contribution in [1.29, 1.82) is 0 Å². The van der Waals surface area contributed by atoms with Crippen molar-refractivity contribution in [3.8, 4) is 0 Å². The molecule has 0 saturated heterocycles. The molecule has 4 atom stereocenters. The fraction of sp³-hybridized carbons (Fsp3) is 1.00. The Morgan fingerprint density at radius 3 is 2.14 bits per heavy atom. The van der Waals surface area contributed by atoms with E-state index in [4.69, 9.17) is 0 Å². The van der Waals surface area contributed by atoms with Crippen molar-refractivity contribution in [3.05, 3.63) is 0 Å². The molecule has 2 aliphatic carbocycles. The zero-order valence-electron chi connectivity index (χ0n) is 10.1. The Morgan fingerprint density at radius 2 is 1.64 bits per heavy atom. The van der Waals surface area contributed by atoms with Crippen molar-refractivity contribution in [2.75, 3.05) is 0 Å². The fourth-order valence-electron chi connectivity index (χ4n) is 4.14. The van der Waals surface area contributed by atoms with E-state index in [-0.39, 0.29) is 0 Å². The smallest absolute Gasteiger partial charge is 0.0355 e. The second-order valence-electron chi connectivity index (χ2n) is 5.83. The maximum Gasteiger partial charge on any atom is -0.0355 e. The SMILES string of the molecule is CCC1CC(C2CCCC2)C(C)C1C. The minimum atomic E-state index is 0.991. The monoisotopic (exact) mass is 194 g/mol. The average molecular weight is 194 g/mol. The predicted molar refractivity (Wildman–Crippen MR) is 62.2 cm³/mol. The van der Waals surface area contributed by atoms with Crippen LogP contribution < -0.4 is 0 Å². The Kier molecular flexibility index (Phi) is 3.19. The van der Waals surface area contributed by atoms with E-state index >= 15 is 0 Å². The van der Waals surface area contributed by atoms with Crippen molar-refractivity contribution in [2.45, 2.75) is 59.3 Å². The fourth-order valence-corrected chi connectivity index (χ4v) is 4.14. The molecule has 4 unspecified atom stereocenters. The zero-order valence-corrected chi connectivity index (χ0v) is 10.1. The standard InChI is InChI=1S/C14H26/c1-4-12-9-14(11(3)10(12)2)13-7-5-6-8-13/h10-14H,4-9H2,1-3H3. The molecule has 0 bridgehead atoms. The molecule has 2 saturated carbocycles. The van der Waals surface area contributed by atoms with Gasteiger partial charge in [0.25, 0.3) is 0 Å². The Labute approximate surface area is 89.5 Å². The number of hydrogen-bond donors (Lipinski definition) is 0. The highest BCUT2D eigenvalue weighted by molar-refractivity contribution is 4.90. The van der Waals surface area contributed by atoms with Gasteiger partial charge in [-0.2, -0.15) is 0 Å². The van der Waals surface area contributed by atoms with E-state index in [2.05, 4.69) is 20.8 Å². The molecule has 2 fully saturated rings. The van der Waals surface area contributed by atoms with Crippen LogP contribution in [0.5, 0.6) is 0 Å². The molecule has 0 aromatic rings. The highest BCUT2D eigenvalue weighted by Gasteiger charge is 2.41. The third kappa shape index (κ3) is 1.73. The summed E-state index contributed by atoms with van der Waals surface area (Å²) < 4.78 is 0. The first-order chi connectivity index (χ1) is 6.74. The summed E-state index contributed by atoms with van der Waals surface area (Å²) in [6.07, 6.45) is 9.06. The maximum absolute atomic E-state index is 2.52. The minimum Gasteiger partial charge on any atom is -0.0651 e. The molecule has 0 heteroatoms. The van der Waals surface area contributed by atoms with Crippen molar-refractivity contribution < 1.29 is 0 Å². The lowest BCUT2D eigenvalue weighted by Gasteiger charge is -2.24. The summed E-state index contributed by atoms with van der Waals surface area (Å²) in [5.74, 6) is 5.21. The number of rotatable bonds is 2. The van der Waals surface area contributed by atoms with Crippen LogP contribution in [0.4, 0.5) is 0 Å². The molecule has 0 amide bonds. The van der Waals surface area contributed by atoms with Crippen molar-refractivity contribution >= 4 is 0 Å². The van der Waals surface area contributed by atoms with Gasteiger partial charge in [0, 0.05) is 0 Å². The molecule has 2 aliphatic rings. The molecular formula is C14H26. The van der Waals surface area contributed by atoms with Gasteiger partial charge in [0.2, 0.25) is 0 Å². The first kappa shape index (κ1) is 10.5. The molecule has 0 aliphatic heterocycles. The van der Waals surface area contributed by atoms with Gasteiger partial charge in [0.05, 0.1) is 0 Å². The van der Waals surface area contributed by atoms with Crippen LogP contribution in [0.1, 0.15) is 59.3 Å². The molecule has 0 nitrogen and oxygen atoms in total. The summed E-state index contributed by atoms with van der Waals surface area (Å²) in [5, 5.41) is 0. The largest absolute Gasteiger partial charge is 0.0651 e. The van der Waals surface area contributed by atoms with E-state index < -0.39 is 0 Å². The van der Waals surface area contributed by atoms with Crippen LogP contribution in [-0.4, -0.2) is 0 Å². The Morgan fingerprint density at radius 1 is 1.00 bits per heavy atom. The molecule has 0 radical (unpaired) electrons. The first-order valence-electron chi connectivity index (χ1n) is 6.74. The summed E-state index contributed by atoms with van der Waals surface area (Å²) >= 11 is 0. The first-order valence-corrected chi connectivity index (χ1v) is 6.74. The topological polar surface area (TPSA) is 0 Å². The van der Waals surface area contributed by atoms with Gasteiger partial charge < -0.3 is 0 Å². The van der Waals surface area contributed by atoms with Gasteiger partial charge in [-0.05, 0) is 36.0 Å². The molecule has 0 spiro atoms. The third-order valence-electron chi connectivity index (χ3n) is 5.35. The van der Waals surface area contributed by atoms with Gasteiger partial charge in [-0.15, -0.1) is 0 Å². The summed E-state index contributed by atoms with van der Waals surface area (Å²) in [6, 6.07) is 0. The molecular weight excluding hydrogens is 168 g/mol. The van der Waals surface area contributed by atoms with Crippen LogP contribution in [0.2, 0.25) is 0 Å². The van der Waals surface area contributed by atoms with E-state index in [1.54, 1.807) is 6.42 Å². The Bertz CT molecular complexity index is 178. The predicted octanol–water partition coefficient (Wildman–Crippen LogP) is 4.49. The lowest BCUT2D eigenvalue weighted by atomic mass is 9.82. The van der Waals surface area contributed by atoms with Crippen LogP contribution in [0, 0.1) is 29.6 Å². The normalized spacial score (nSPS) is 44.8. The Balaban J connectivity index is 1.99. The summed E-state index contributed by atoms with van der Waals surface area (Å²) in [6.45, 7) is 7.39. The van der Waals surface area contributed by atoms with Crippen LogP contribution >= 0.6 is 0 Å². The highest BCUT2D eigenvalue weighted by Crippen LogP contribution is 2.49. The van der Waals surface area contributed by atoms with Crippen molar-refractivity contribution in [3.63, 3.8) is 0 Å². The summed E-state index contributed by atoms with van der Waals surface area (Å²) in [5.41, 5.74) is 0. The van der Waals surface area contributed by atoms with Gasteiger partial charge in [-0.3, -0.25) is 0 Å². The summed E-state index contributed by atoms with van der Waals surface area (Å²) in [4.78, 5) is 0. The van der Waals surface area contributed by atoms with Crippen LogP contribution in [-0.2, 0) is 0 Å². The molecule has 14 heavy (non-hydrogen) atoms. The van der Waals surface area contributed by atoms with Gasteiger partial charge in [-0.25, -0.2) is 0 Å². The van der Waals surface area contributed by atoms with Crippen LogP contribution in [0.3, 0.4) is 0 Å². The lowest BCUT2D eigenvalue weighted by molar-refractivity contribution is 0.253. The van der Waals surface area contributed by atoms with Crippen LogP contribution in [0.15, 0.2) is 0 Å². The quantitative estimate of drug-likeness (QED) is 0.607. The van der Waals surface area contributed by atoms with Crippen LogP contribution in [0.25, 0.3) is 0 Å². The third-order valence-corrected chi connectivity index (χ3v) is 5.35. The molecule has 0 aromatic heterocycles. The van der Waals surface area contributed by atoms with Crippen molar-refractivity contribution in [2.24, 2.45) is 29.6 Å². The van der Waals surface area contributed by atoms with Gasteiger partial charge in [-0.1, -0.05) is 52.9 Å². The van der Waals surface area contributed by atoms with E-state index in [1.165, 1.54) is 32.1 Å². The molecule has 2 rings (SSSR count). The second-order valence-corrected chi connectivity index (χ2v) is 5.83. The minimum absolute atomic E-state index is 0.991. The van der Waals surface area contributed by atoms with Gasteiger partial charge in [0.15, 0.2) is 0 Å². The highest BCUT2D eigenvalue weighted by atomic mass is 14.5. The lowest BCUT2D eigenvalue weighted by Crippen LogP contribution is -2.16. The van der Waals surface area contributed by atoms with Crippen molar-refractivity contribution in [1.82, 2.24) is 0 Å². The second kappa shape index (κ2) is 4.24. The molecule has 0 aromatic carbocycles. The van der Waals surface area contributed by atoms with E-state index in [0.717, 1.165) is 29.6 Å². The van der Waals surface area contributed by atoms with E-state index in [1.807, 2.05) is 0 Å².